The summed E-state index contributed by atoms with van der Waals surface area (Å²) in [5.74, 6) is 1.38. The summed E-state index contributed by atoms with van der Waals surface area (Å²) < 4.78 is 7.37. The van der Waals surface area contributed by atoms with E-state index in [1.807, 2.05) is 0 Å². The van der Waals surface area contributed by atoms with E-state index in [1.54, 1.807) is 11.3 Å². The normalized spacial score (nSPS) is 22.0. The second kappa shape index (κ2) is 6.73. The van der Waals surface area contributed by atoms with E-state index in [4.69, 9.17) is 10.5 Å². The number of nitrogens with two attached hydrogens (primary N) is 1. The van der Waals surface area contributed by atoms with Crippen molar-refractivity contribution >= 4 is 21.4 Å². The van der Waals surface area contributed by atoms with E-state index in [-0.39, 0.29) is 0 Å². The number of benzene rings is 1. The lowest BCUT2D eigenvalue weighted by molar-refractivity contribution is 0.0685. The molecule has 0 bridgehead atoms. The van der Waals surface area contributed by atoms with Gasteiger partial charge in [-0.25, -0.2) is 0 Å². The Morgan fingerprint density at radius 3 is 2.86 bits per heavy atom. The van der Waals surface area contributed by atoms with Crippen molar-refractivity contribution in [1.29, 1.82) is 0 Å². The second-order valence-corrected chi connectivity index (χ2v) is 7.04. The Morgan fingerprint density at radius 2 is 2.05 bits per heavy atom. The molecule has 2 aromatic rings. The summed E-state index contributed by atoms with van der Waals surface area (Å²) in [5, 5.41) is 1.31. The Hall–Kier alpha value is -1.16. The zero-order valence-electron chi connectivity index (χ0n) is 12.5. The average molecular weight is 301 g/mol. The van der Waals surface area contributed by atoms with Gasteiger partial charge in [0.2, 0.25) is 0 Å². The Labute approximate surface area is 130 Å². The third-order valence-corrected chi connectivity index (χ3v) is 5.70. The second-order valence-electron chi connectivity index (χ2n) is 5.90. The van der Waals surface area contributed by atoms with Gasteiger partial charge in [0.05, 0.1) is 13.2 Å². The fourth-order valence-corrected chi connectivity index (χ4v) is 4.11. The molecular formula is C18H23NOS. The first-order valence-corrected chi connectivity index (χ1v) is 8.53. The molecule has 3 rings (SSSR count). The first-order chi connectivity index (χ1) is 10.3. The van der Waals surface area contributed by atoms with Gasteiger partial charge in [-0.3, -0.25) is 0 Å². The van der Waals surface area contributed by atoms with Crippen LogP contribution in [0.5, 0.6) is 0 Å². The fraction of sp³-hybridized carbons (Fsp3) is 0.444. The maximum Gasteiger partial charge on any atom is 0.0734 e. The molecule has 2 atom stereocenters. The van der Waals surface area contributed by atoms with Crippen LogP contribution in [-0.4, -0.2) is 6.61 Å². The number of hydrogen-bond acceptors (Lipinski definition) is 3. The molecule has 1 aromatic heterocycles. The molecule has 0 saturated heterocycles. The summed E-state index contributed by atoms with van der Waals surface area (Å²) in [6.45, 7) is 4.45. The Balaban J connectivity index is 1.68. The van der Waals surface area contributed by atoms with Crippen molar-refractivity contribution in [3.8, 4) is 0 Å². The van der Waals surface area contributed by atoms with Gasteiger partial charge < -0.3 is 10.5 Å². The minimum atomic E-state index is 0.598. The quantitative estimate of drug-likeness (QED) is 0.826. The molecule has 0 amide bonds. The van der Waals surface area contributed by atoms with E-state index in [0.717, 1.165) is 18.9 Å². The number of hydrogen-bond donors (Lipinski definition) is 1. The third kappa shape index (κ3) is 3.20. The standard InChI is InChI=1S/C18H23NOS/c1-13-6-2-3-7-14(13)11-20-12-16-15-8-4-5-9-17(15)21-18(16)10-19/h2-5,8-9,13-14H,6-7,10-12,19H2,1H3. The molecule has 1 heterocycles. The lowest BCUT2D eigenvalue weighted by Gasteiger charge is -2.25. The molecule has 0 aliphatic heterocycles. The van der Waals surface area contributed by atoms with Crippen LogP contribution >= 0.6 is 11.3 Å². The SMILES string of the molecule is CC1CC=CCC1COCc1c(CN)sc2ccccc12. The van der Waals surface area contributed by atoms with Gasteiger partial charge in [0.15, 0.2) is 0 Å². The molecule has 2 N–H and O–H groups in total. The topological polar surface area (TPSA) is 35.2 Å². The molecule has 112 valence electrons. The van der Waals surface area contributed by atoms with Crippen molar-refractivity contribution in [1.82, 2.24) is 0 Å². The fourth-order valence-electron chi connectivity index (χ4n) is 3.02. The first-order valence-electron chi connectivity index (χ1n) is 7.71. The van der Waals surface area contributed by atoms with Crippen LogP contribution in [0.1, 0.15) is 30.2 Å². The minimum absolute atomic E-state index is 0.598. The van der Waals surface area contributed by atoms with Crippen LogP contribution in [0.15, 0.2) is 36.4 Å². The van der Waals surface area contributed by atoms with Gasteiger partial charge in [0, 0.05) is 21.7 Å². The van der Waals surface area contributed by atoms with Gasteiger partial charge in [-0.05, 0) is 36.1 Å². The highest BCUT2D eigenvalue weighted by Crippen LogP contribution is 2.32. The molecule has 0 spiro atoms. The van der Waals surface area contributed by atoms with Crippen LogP contribution in [0.4, 0.5) is 0 Å². The molecule has 1 aliphatic rings. The molecule has 3 heteroatoms. The lowest BCUT2D eigenvalue weighted by atomic mass is 9.85. The van der Waals surface area contributed by atoms with E-state index in [9.17, 15) is 0 Å². The van der Waals surface area contributed by atoms with Crippen molar-refractivity contribution in [2.75, 3.05) is 6.61 Å². The van der Waals surface area contributed by atoms with E-state index in [1.165, 1.54) is 26.9 Å². The molecule has 0 fully saturated rings. The smallest absolute Gasteiger partial charge is 0.0734 e. The van der Waals surface area contributed by atoms with Crippen molar-refractivity contribution in [3.05, 3.63) is 46.9 Å². The highest BCUT2D eigenvalue weighted by atomic mass is 32.1. The van der Waals surface area contributed by atoms with Crippen LogP contribution in [-0.2, 0) is 17.9 Å². The number of thiophene rings is 1. The van der Waals surface area contributed by atoms with Gasteiger partial charge in [-0.1, -0.05) is 37.3 Å². The van der Waals surface area contributed by atoms with E-state index in [2.05, 4.69) is 43.3 Å². The minimum Gasteiger partial charge on any atom is -0.376 e. The molecule has 1 aliphatic carbocycles. The zero-order chi connectivity index (χ0) is 14.7. The van der Waals surface area contributed by atoms with Crippen LogP contribution in [0.3, 0.4) is 0 Å². The summed E-state index contributed by atoms with van der Waals surface area (Å²) in [6.07, 6.45) is 6.91. The molecule has 2 unspecified atom stereocenters. The Morgan fingerprint density at radius 1 is 1.24 bits per heavy atom. The predicted octanol–water partition coefficient (Wildman–Crippen LogP) is 4.48. The predicted molar refractivity (Wildman–Crippen MR) is 90.4 cm³/mol. The summed E-state index contributed by atoms with van der Waals surface area (Å²) in [7, 11) is 0. The summed E-state index contributed by atoms with van der Waals surface area (Å²) in [4.78, 5) is 1.26. The van der Waals surface area contributed by atoms with Crippen molar-refractivity contribution in [2.24, 2.45) is 17.6 Å². The molecule has 21 heavy (non-hydrogen) atoms. The molecule has 1 aromatic carbocycles. The summed E-state index contributed by atoms with van der Waals surface area (Å²) in [6, 6.07) is 8.51. The summed E-state index contributed by atoms with van der Waals surface area (Å²) in [5.41, 5.74) is 7.19. The third-order valence-electron chi connectivity index (χ3n) is 4.46. The molecule has 0 saturated carbocycles. The van der Waals surface area contributed by atoms with Gasteiger partial charge in [0.25, 0.3) is 0 Å². The highest BCUT2D eigenvalue weighted by Gasteiger charge is 2.19. The van der Waals surface area contributed by atoms with Gasteiger partial charge in [-0.2, -0.15) is 0 Å². The van der Waals surface area contributed by atoms with E-state index < -0.39 is 0 Å². The maximum atomic E-state index is 6.06. The highest BCUT2D eigenvalue weighted by molar-refractivity contribution is 7.19. The van der Waals surface area contributed by atoms with E-state index in [0.29, 0.717) is 19.1 Å². The first kappa shape index (κ1) is 14.8. The number of allylic oxidation sites excluding steroid dienone is 2. The summed E-state index contributed by atoms with van der Waals surface area (Å²) >= 11 is 1.79. The van der Waals surface area contributed by atoms with Crippen LogP contribution in [0, 0.1) is 11.8 Å². The van der Waals surface area contributed by atoms with Gasteiger partial charge in [0.1, 0.15) is 0 Å². The zero-order valence-corrected chi connectivity index (χ0v) is 13.4. The van der Waals surface area contributed by atoms with Gasteiger partial charge in [-0.15, -0.1) is 11.3 Å². The van der Waals surface area contributed by atoms with E-state index >= 15 is 0 Å². The molecular weight excluding hydrogens is 278 g/mol. The number of rotatable bonds is 5. The van der Waals surface area contributed by atoms with Crippen molar-refractivity contribution in [2.45, 2.75) is 32.9 Å². The van der Waals surface area contributed by atoms with Crippen LogP contribution in [0.25, 0.3) is 10.1 Å². The van der Waals surface area contributed by atoms with Crippen molar-refractivity contribution in [3.63, 3.8) is 0 Å². The number of fused-ring (bicyclic) bond motifs is 1. The maximum absolute atomic E-state index is 6.06. The Kier molecular flexibility index (Phi) is 4.73. The van der Waals surface area contributed by atoms with Gasteiger partial charge >= 0.3 is 0 Å². The average Bonchev–Trinajstić information content (AvgIpc) is 2.87. The van der Waals surface area contributed by atoms with Crippen LogP contribution < -0.4 is 5.73 Å². The van der Waals surface area contributed by atoms with Crippen molar-refractivity contribution < 1.29 is 4.74 Å². The lowest BCUT2D eigenvalue weighted by Crippen LogP contribution is -2.19. The largest absolute Gasteiger partial charge is 0.376 e. The monoisotopic (exact) mass is 301 g/mol. The molecule has 0 radical (unpaired) electrons. The number of ether oxygens (including phenoxy) is 1. The van der Waals surface area contributed by atoms with Crippen LogP contribution in [0.2, 0.25) is 0 Å². The molecule has 2 nitrogen and oxygen atoms in total. The Bertz CT molecular complexity index is 631.